The molecular weight excluding hydrogens is 366 g/mol. The zero-order valence-corrected chi connectivity index (χ0v) is 19.6. The van der Waals surface area contributed by atoms with Crippen molar-refractivity contribution >= 4 is 0 Å². The van der Waals surface area contributed by atoms with Gasteiger partial charge in [0.25, 0.3) is 0 Å². The highest BCUT2D eigenvalue weighted by molar-refractivity contribution is 5.18. The van der Waals surface area contributed by atoms with Crippen molar-refractivity contribution in [3.63, 3.8) is 0 Å². The van der Waals surface area contributed by atoms with E-state index >= 15 is 0 Å². The van der Waals surface area contributed by atoms with E-state index in [-0.39, 0.29) is 12.0 Å². The minimum absolute atomic E-state index is 0.284. The van der Waals surface area contributed by atoms with E-state index < -0.39 is 0 Å². The molecule has 0 radical (unpaired) electrons. The van der Waals surface area contributed by atoms with Gasteiger partial charge in [-0.3, -0.25) is 0 Å². The van der Waals surface area contributed by atoms with E-state index in [0.29, 0.717) is 0 Å². The molecule has 0 amide bonds. The molecule has 2 heteroatoms. The van der Waals surface area contributed by atoms with Gasteiger partial charge in [0.15, 0.2) is 0 Å². The number of aliphatic hydroxyl groups is 1. The average Bonchev–Trinajstić information content (AvgIpc) is 2.75. The number of hydrogen-bond donors (Lipinski definition) is 1. The Balaban J connectivity index is 1.92. The largest absolute Gasteiger partial charge is 0.388 e. The average molecular weight is 411 g/mol. The molecule has 2 atom stereocenters. The fourth-order valence-corrected chi connectivity index (χ4v) is 4.59. The highest BCUT2D eigenvalue weighted by Gasteiger charge is 2.28. The van der Waals surface area contributed by atoms with Gasteiger partial charge in [-0.15, -0.1) is 0 Å². The number of benzene rings is 2. The third kappa shape index (κ3) is 9.45. The molecule has 0 unspecified atom stereocenters. The standard InChI is InChI=1S/C28H44NO/c1-4-5-6-7-8-9-10-15-22-27(28(30)26-20-16-12-17-21-26)24-29(2,3)23-25-18-13-11-14-19-25/h11-14,16-21,27-28,30H,4-10,15,22-24H2,1-3H3/q+1/t27-,28+/m1/s1. The zero-order chi connectivity index (χ0) is 21.7. The van der Waals surface area contributed by atoms with Crippen LogP contribution in [0.15, 0.2) is 60.7 Å². The van der Waals surface area contributed by atoms with Crippen LogP contribution in [-0.4, -0.2) is 30.2 Å². The molecule has 0 fully saturated rings. The van der Waals surface area contributed by atoms with Crippen molar-refractivity contribution in [2.75, 3.05) is 20.6 Å². The van der Waals surface area contributed by atoms with Crippen LogP contribution in [0.2, 0.25) is 0 Å². The van der Waals surface area contributed by atoms with Crippen LogP contribution >= 0.6 is 0 Å². The summed E-state index contributed by atoms with van der Waals surface area (Å²) >= 11 is 0. The second-order valence-corrected chi connectivity index (χ2v) is 9.64. The smallest absolute Gasteiger partial charge is 0.104 e. The Hall–Kier alpha value is -1.64. The molecule has 166 valence electrons. The lowest BCUT2D eigenvalue weighted by Gasteiger charge is -2.35. The third-order valence-corrected chi connectivity index (χ3v) is 6.20. The Labute approximate surface area is 185 Å². The minimum atomic E-state index is -0.385. The molecule has 0 saturated heterocycles. The summed E-state index contributed by atoms with van der Waals surface area (Å²) in [5.41, 5.74) is 2.42. The summed E-state index contributed by atoms with van der Waals surface area (Å²) in [5, 5.41) is 11.2. The molecule has 0 aromatic heterocycles. The molecular formula is C28H44NO+. The predicted octanol–water partition coefficient (Wildman–Crippen LogP) is 7.14. The first kappa shape index (κ1) is 24.6. The van der Waals surface area contributed by atoms with E-state index in [2.05, 4.69) is 63.5 Å². The maximum Gasteiger partial charge on any atom is 0.104 e. The van der Waals surface area contributed by atoms with Crippen LogP contribution in [-0.2, 0) is 6.54 Å². The number of aliphatic hydroxyl groups excluding tert-OH is 1. The number of nitrogens with zero attached hydrogens (tertiary/aromatic N) is 1. The molecule has 0 aliphatic carbocycles. The summed E-state index contributed by atoms with van der Waals surface area (Å²) in [4.78, 5) is 0. The van der Waals surface area contributed by atoms with Crippen molar-refractivity contribution in [2.45, 2.75) is 77.4 Å². The van der Waals surface area contributed by atoms with Crippen LogP contribution in [0.3, 0.4) is 0 Å². The molecule has 0 saturated carbocycles. The fourth-order valence-electron chi connectivity index (χ4n) is 4.59. The molecule has 0 spiro atoms. The lowest BCUT2D eigenvalue weighted by Crippen LogP contribution is -2.44. The molecule has 0 aliphatic rings. The summed E-state index contributed by atoms with van der Waals surface area (Å²) in [6.45, 7) is 4.26. The third-order valence-electron chi connectivity index (χ3n) is 6.20. The van der Waals surface area contributed by atoms with Gasteiger partial charge in [-0.05, 0) is 12.0 Å². The van der Waals surface area contributed by atoms with Gasteiger partial charge in [0.1, 0.15) is 6.54 Å². The van der Waals surface area contributed by atoms with Crippen molar-refractivity contribution in [3.05, 3.63) is 71.8 Å². The minimum Gasteiger partial charge on any atom is -0.388 e. The highest BCUT2D eigenvalue weighted by atomic mass is 16.3. The van der Waals surface area contributed by atoms with Gasteiger partial charge in [-0.2, -0.15) is 0 Å². The quantitative estimate of drug-likeness (QED) is 0.244. The Morgan fingerprint density at radius 1 is 0.733 bits per heavy atom. The van der Waals surface area contributed by atoms with Gasteiger partial charge in [0.2, 0.25) is 0 Å². The van der Waals surface area contributed by atoms with Crippen molar-refractivity contribution < 1.29 is 9.59 Å². The van der Waals surface area contributed by atoms with E-state index in [0.717, 1.165) is 29.6 Å². The maximum atomic E-state index is 11.2. The van der Waals surface area contributed by atoms with Crippen molar-refractivity contribution in [2.24, 2.45) is 5.92 Å². The normalized spacial score (nSPS) is 13.9. The van der Waals surface area contributed by atoms with E-state index in [9.17, 15) is 5.11 Å². The number of quaternary nitrogens is 1. The van der Waals surface area contributed by atoms with Crippen molar-refractivity contribution in [1.82, 2.24) is 0 Å². The van der Waals surface area contributed by atoms with Crippen LogP contribution in [0.1, 0.15) is 81.9 Å². The maximum absolute atomic E-state index is 11.2. The summed E-state index contributed by atoms with van der Waals surface area (Å²) in [7, 11) is 4.59. The van der Waals surface area contributed by atoms with E-state index in [4.69, 9.17) is 0 Å². The summed E-state index contributed by atoms with van der Waals surface area (Å²) in [6, 6.07) is 21.0. The lowest BCUT2D eigenvalue weighted by molar-refractivity contribution is -0.907. The number of rotatable bonds is 15. The molecule has 30 heavy (non-hydrogen) atoms. The summed E-state index contributed by atoms with van der Waals surface area (Å²) < 4.78 is 0.898. The molecule has 2 aromatic rings. The SMILES string of the molecule is CCCCCCCCCC[C@H](C[N+](C)(C)Cc1ccccc1)[C@@H](O)c1ccccc1. The first-order chi connectivity index (χ1) is 14.5. The Kier molecular flexibility index (Phi) is 11.2. The van der Waals surface area contributed by atoms with E-state index in [1.807, 2.05) is 18.2 Å². The zero-order valence-electron chi connectivity index (χ0n) is 19.6. The van der Waals surface area contributed by atoms with E-state index in [1.165, 1.54) is 56.9 Å². The van der Waals surface area contributed by atoms with Crippen LogP contribution < -0.4 is 0 Å². The first-order valence-electron chi connectivity index (χ1n) is 12.1. The van der Waals surface area contributed by atoms with Crippen molar-refractivity contribution in [1.29, 1.82) is 0 Å². The Morgan fingerprint density at radius 2 is 1.27 bits per heavy atom. The van der Waals surface area contributed by atoms with Gasteiger partial charge in [0, 0.05) is 11.5 Å². The van der Waals surface area contributed by atoms with Crippen LogP contribution in [0.5, 0.6) is 0 Å². The van der Waals surface area contributed by atoms with Crippen LogP contribution in [0.25, 0.3) is 0 Å². The van der Waals surface area contributed by atoms with Gasteiger partial charge in [-0.1, -0.05) is 119 Å². The molecule has 0 bridgehead atoms. The monoisotopic (exact) mass is 410 g/mol. The number of hydrogen-bond acceptors (Lipinski definition) is 1. The Bertz CT molecular complexity index is 668. The Morgan fingerprint density at radius 3 is 1.87 bits per heavy atom. The van der Waals surface area contributed by atoms with Gasteiger partial charge >= 0.3 is 0 Å². The molecule has 0 heterocycles. The summed E-state index contributed by atoms with van der Waals surface area (Å²) in [6.07, 6.45) is 11.4. The number of unbranched alkanes of at least 4 members (excludes halogenated alkanes) is 7. The predicted molar refractivity (Wildman–Crippen MR) is 129 cm³/mol. The molecule has 1 N–H and O–H groups in total. The van der Waals surface area contributed by atoms with Gasteiger partial charge in [-0.25, -0.2) is 0 Å². The summed E-state index contributed by atoms with van der Waals surface area (Å²) in [5.74, 6) is 0.284. The van der Waals surface area contributed by atoms with Crippen molar-refractivity contribution in [3.8, 4) is 0 Å². The fraction of sp³-hybridized carbons (Fsp3) is 0.571. The second kappa shape index (κ2) is 13.6. The molecule has 0 aliphatic heterocycles. The van der Waals surface area contributed by atoms with Gasteiger partial charge in [0.05, 0.1) is 26.7 Å². The highest BCUT2D eigenvalue weighted by Crippen LogP contribution is 2.29. The van der Waals surface area contributed by atoms with Crippen LogP contribution in [0.4, 0.5) is 0 Å². The van der Waals surface area contributed by atoms with Crippen LogP contribution in [0, 0.1) is 5.92 Å². The first-order valence-corrected chi connectivity index (χ1v) is 12.1. The topological polar surface area (TPSA) is 20.2 Å². The lowest BCUT2D eigenvalue weighted by atomic mass is 9.89. The van der Waals surface area contributed by atoms with Gasteiger partial charge < -0.3 is 9.59 Å². The van der Waals surface area contributed by atoms with E-state index in [1.54, 1.807) is 0 Å². The molecule has 2 rings (SSSR count). The molecule has 2 nitrogen and oxygen atoms in total. The second-order valence-electron chi connectivity index (χ2n) is 9.64. The molecule has 2 aromatic carbocycles.